The van der Waals surface area contributed by atoms with Crippen molar-refractivity contribution in [2.75, 3.05) is 0 Å². The van der Waals surface area contributed by atoms with Crippen molar-refractivity contribution in [1.29, 1.82) is 0 Å². The van der Waals surface area contributed by atoms with Crippen molar-refractivity contribution in [1.82, 2.24) is 0 Å². The molecule has 3 N–H and O–H groups in total. The van der Waals surface area contributed by atoms with Crippen molar-refractivity contribution >= 4 is 12.6 Å². The summed E-state index contributed by atoms with van der Waals surface area (Å²) >= 11 is 0. The molecule has 0 aliphatic heterocycles. The van der Waals surface area contributed by atoms with Crippen molar-refractivity contribution in [3.63, 3.8) is 0 Å². The summed E-state index contributed by atoms with van der Waals surface area (Å²) in [4.78, 5) is 31.8. The second-order valence-electron chi connectivity index (χ2n) is 6.87. The average Bonchev–Trinajstić information content (AvgIpc) is 2.14. The van der Waals surface area contributed by atoms with E-state index >= 15 is 0 Å². The molecule has 0 heterocycles. The molecule has 4 heteroatoms. The van der Waals surface area contributed by atoms with Crippen LogP contribution in [0.4, 0.5) is 0 Å². The zero-order valence-electron chi connectivity index (χ0n) is 11.9. The molecule has 0 spiro atoms. The van der Waals surface area contributed by atoms with Crippen LogP contribution >= 0.6 is 7.28 Å². The van der Waals surface area contributed by atoms with Gasteiger partial charge in [0.15, 0.2) is 0 Å². The Morgan fingerprint density at radius 1 is 0.889 bits per heavy atom. The molecule has 0 fully saturated rings. The molecule has 0 atom stereocenters. The Balaban J connectivity index is 3.26. The van der Waals surface area contributed by atoms with E-state index in [0.717, 1.165) is 0 Å². The van der Waals surface area contributed by atoms with Crippen LogP contribution in [0, 0.1) is 5.41 Å². The predicted molar refractivity (Wildman–Crippen MR) is 77.8 cm³/mol. The second kappa shape index (κ2) is 4.28. The minimum atomic E-state index is -4.90. The maximum absolute atomic E-state index is 10.6. The van der Waals surface area contributed by atoms with Gasteiger partial charge in [0.05, 0.1) is 0 Å². The summed E-state index contributed by atoms with van der Waals surface area (Å²) in [5.41, 5.74) is -0.102. The van der Waals surface area contributed by atoms with Crippen LogP contribution in [-0.4, -0.2) is 19.8 Å². The topological polar surface area (TPSA) is 60.7 Å². The van der Waals surface area contributed by atoms with E-state index in [4.69, 9.17) is 0 Å². The summed E-state index contributed by atoms with van der Waals surface area (Å²) in [7, 11) is -4.90. The second-order valence-corrected chi connectivity index (χ2v) is 10.6. The van der Waals surface area contributed by atoms with Crippen LogP contribution in [0.15, 0.2) is 30.3 Å². The third kappa shape index (κ3) is 2.92. The fraction of sp³-hybridized carbons (Fsp3) is 0.571. The van der Waals surface area contributed by atoms with Gasteiger partial charge in [-0.15, -0.1) is 0 Å². The maximum atomic E-state index is 10.6. The van der Waals surface area contributed by atoms with Gasteiger partial charge < -0.3 is 0 Å². The quantitative estimate of drug-likeness (QED) is 0.741. The van der Waals surface area contributed by atoms with Crippen LogP contribution in [0.2, 0.25) is 0 Å². The van der Waals surface area contributed by atoms with Crippen LogP contribution in [-0.2, 0) is 0 Å². The monoisotopic (exact) mass is 272 g/mol. The molecule has 1 aromatic carbocycles. The van der Waals surface area contributed by atoms with Crippen LogP contribution in [0.1, 0.15) is 41.0 Å². The third-order valence-electron chi connectivity index (χ3n) is 3.31. The van der Waals surface area contributed by atoms with Gasteiger partial charge in [-0.2, -0.15) is 0 Å². The molecule has 0 saturated carbocycles. The van der Waals surface area contributed by atoms with Gasteiger partial charge in [0, 0.05) is 0 Å². The molecule has 0 unspecified atom stereocenters. The van der Waals surface area contributed by atoms with Crippen molar-refractivity contribution in [3.05, 3.63) is 30.3 Å². The Morgan fingerprint density at radius 3 is 1.72 bits per heavy atom. The summed E-state index contributed by atoms with van der Waals surface area (Å²) in [5, 5.41) is -0.761. The van der Waals surface area contributed by atoms with Gasteiger partial charge in [0.2, 0.25) is 0 Å². The molecule has 0 bridgehead atoms. The fourth-order valence-corrected chi connectivity index (χ4v) is 4.68. The fourth-order valence-electron chi connectivity index (χ4n) is 2.50. The van der Waals surface area contributed by atoms with E-state index < -0.39 is 12.4 Å². The average molecular weight is 272 g/mol. The molecule has 1 aromatic rings. The van der Waals surface area contributed by atoms with Crippen molar-refractivity contribution < 1.29 is 14.7 Å². The Kier molecular flexibility index (Phi) is 3.70. The Bertz CT molecular complexity index is 410. The normalized spacial score (nSPS) is 16.1. The first-order chi connectivity index (χ1) is 7.85. The van der Waals surface area contributed by atoms with Gasteiger partial charge >= 0.3 is 109 Å². The van der Waals surface area contributed by atoms with Crippen LogP contribution in [0.3, 0.4) is 0 Å². The van der Waals surface area contributed by atoms with Crippen LogP contribution in [0.5, 0.6) is 0 Å². The Hall–Kier alpha value is -0.470. The summed E-state index contributed by atoms with van der Waals surface area (Å²) < 4.78 is 0. The zero-order valence-corrected chi connectivity index (χ0v) is 12.8. The third-order valence-corrected chi connectivity index (χ3v) is 6.95. The van der Waals surface area contributed by atoms with Gasteiger partial charge in [-0.25, -0.2) is 0 Å². The van der Waals surface area contributed by atoms with E-state index in [-0.39, 0.29) is 10.7 Å². The molecule has 0 aliphatic carbocycles. The van der Waals surface area contributed by atoms with Crippen LogP contribution < -0.4 is 5.30 Å². The number of rotatable bonds is 3. The molecular formula is C14H25O3P. The molecule has 1 rings (SSSR count). The SMILES string of the molecule is CC(C)(C)CC(C)(C)P(O)(O)(O)c1ccccc1. The van der Waals surface area contributed by atoms with Gasteiger partial charge in [0.1, 0.15) is 0 Å². The van der Waals surface area contributed by atoms with Crippen molar-refractivity contribution in [2.45, 2.75) is 46.2 Å². The van der Waals surface area contributed by atoms with E-state index in [0.29, 0.717) is 6.42 Å². The molecule has 3 nitrogen and oxygen atoms in total. The molecule has 104 valence electrons. The molecule has 0 aromatic heterocycles. The standard InChI is InChI=1S/C14H25O3P/c1-13(2,3)11-14(4,5)18(15,16,17)12-9-7-6-8-10-12/h6-10,15-17H,11H2,1-5H3. The number of hydrogen-bond acceptors (Lipinski definition) is 3. The first-order valence-electron chi connectivity index (χ1n) is 6.17. The number of hydrogen-bond donors (Lipinski definition) is 3. The first-order valence-corrected chi connectivity index (χ1v) is 8.26. The van der Waals surface area contributed by atoms with E-state index in [1.54, 1.807) is 44.2 Å². The number of benzene rings is 1. The summed E-state index contributed by atoms with van der Waals surface area (Å²) in [6.45, 7) is 9.48. The van der Waals surface area contributed by atoms with E-state index in [2.05, 4.69) is 0 Å². The molecule has 0 aliphatic rings. The predicted octanol–water partition coefficient (Wildman–Crippen LogP) is 2.80. The molecule has 18 heavy (non-hydrogen) atoms. The zero-order chi connectivity index (χ0) is 14.3. The molecular weight excluding hydrogens is 247 g/mol. The summed E-state index contributed by atoms with van der Waals surface area (Å²) in [6, 6.07) is 8.33. The molecule has 0 saturated heterocycles. The van der Waals surface area contributed by atoms with Gasteiger partial charge in [-0.05, 0) is 0 Å². The molecule has 0 amide bonds. The van der Waals surface area contributed by atoms with Crippen molar-refractivity contribution in [3.8, 4) is 0 Å². The minimum absolute atomic E-state index is 0.102. The van der Waals surface area contributed by atoms with Gasteiger partial charge in [0.25, 0.3) is 0 Å². The van der Waals surface area contributed by atoms with E-state index in [1.165, 1.54) is 0 Å². The Labute approximate surface area is 110 Å². The molecule has 0 radical (unpaired) electrons. The first kappa shape index (κ1) is 15.6. The van der Waals surface area contributed by atoms with Gasteiger partial charge in [-0.1, -0.05) is 0 Å². The van der Waals surface area contributed by atoms with Crippen LogP contribution in [0.25, 0.3) is 0 Å². The Morgan fingerprint density at radius 2 is 1.33 bits per heavy atom. The van der Waals surface area contributed by atoms with E-state index in [1.807, 2.05) is 20.8 Å². The summed E-state index contributed by atoms with van der Waals surface area (Å²) in [6.07, 6.45) is 0.510. The summed E-state index contributed by atoms with van der Waals surface area (Å²) in [5.74, 6) is 0. The van der Waals surface area contributed by atoms with Crippen molar-refractivity contribution in [2.24, 2.45) is 5.41 Å². The van der Waals surface area contributed by atoms with Gasteiger partial charge in [-0.3, -0.25) is 0 Å². The van der Waals surface area contributed by atoms with E-state index in [9.17, 15) is 14.7 Å².